The van der Waals surface area contributed by atoms with Gasteiger partial charge in [0.15, 0.2) is 0 Å². The number of fused-ring (bicyclic) bond motifs is 1. The Bertz CT molecular complexity index is 1180. The number of aromatic amines is 1. The second-order valence-electron chi connectivity index (χ2n) is 5.77. The van der Waals surface area contributed by atoms with Crippen molar-refractivity contribution in [3.63, 3.8) is 0 Å². The zero-order valence-corrected chi connectivity index (χ0v) is 15.3. The van der Waals surface area contributed by atoms with Gasteiger partial charge in [-0.15, -0.1) is 0 Å². The Morgan fingerprint density at radius 3 is 2.54 bits per heavy atom. The number of H-pyrrole nitrogens is 1. The van der Waals surface area contributed by atoms with Gasteiger partial charge in [0.25, 0.3) is 5.56 Å². The first kappa shape index (κ1) is 19.3. The third-order valence-corrected chi connectivity index (χ3v) is 4.74. The van der Waals surface area contributed by atoms with Crippen molar-refractivity contribution in [3.05, 3.63) is 52.6 Å². The molecule has 1 amide bonds. The van der Waals surface area contributed by atoms with E-state index in [0.717, 1.165) is 0 Å². The monoisotopic (exact) mass is 405 g/mol. The Kier molecular flexibility index (Phi) is 4.98. The van der Waals surface area contributed by atoms with Crippen LogP contribution in [0.4, 0.5) is 5.69 Å². The summed E-state index contributed by atoms with van der Waals surface area (Å²) in [6.07, 6.45) is 2.73. The molecule has 4 N–H and O–H groups in total. The highest BCUT2D eigenvalue weighted by Gasteiger charge is 2.22. The summed E-state index contributed by atoms with van der Waals surface area (Å²) in [5.74, 6) is -1.18. The number of primary sulfonamides is 1. The average molecular weight is 405 g/mol. The number of aromatic nitrogens is 3. The number of nitrogens with one attached hydrogen (secondary N) is 2. The van der Waals surface area contributed by atoms with Gasteiger partial charge < -0.3 is 14.6 Å². The van der Waals surface area contributed by atoms with Crippen LogP contribution in [0.2, 0.25) is 0 Å². The largest absolute Gasteiger partial charge is 0.465 e. The molecular weight excluding hydrogens is 390 g/mol. The van der Waals surface area contributed by atoms with E-state index < -0.39 is 27.5 Å². The first-order valence-electron chi connectivity index (χ1n) is 7.78. The number of esters is 1. The maximum absolute atomic E-state index is 12.3. The number of anilines is 1. The van der Waals surface area contributed by atoms with Crippen molar-refractivity contribution in [2.24, 2.45) is 5.14 Å². The molecule has 12 heteroatoms. The number of sulfonamides is 1. The fraction of sp³-hybridized carbons (Fsp3) is 0.125. The van der Waals surface area contributed by atoms with Crippen LogP contribution in [0.15, 0.2) is 46.3 Å². The van der Waals surface area contributed by atoms with Crippen LogP contribution in [0.25, 0.3) is 11.3 Å². The van der Waals surface area contributed by atoms with E-state index in [0.29, 0.717) is 5.69 Å². The molecular formula is C16H15N5O6S. The molecule has 0 fully saturated rings. The lowest BCUT2D eigenvalue weighted by molar-refractivity contribution is -0.116. The number of carbonyl (C=O) groups is 2. The Morgan fingerprint density at radius 2 is 1.93 bits per heavy atom. The number of pyridine rings is 1. The molecule has 0 aliphatic carbocycles. The molecule has 0 unspecified atom stereocenters. The zero-order valence-electron chi connectivity index (χ0n) is 14.5. The molecule has 0 radical (unpaired) electrons. The van der Waals surface area contributed by atoms with Crippen LogP contribution in [0.5, 0.6) is 0 Å². The molecule has 2 aliphatic heterocycles. The molecule has 0 saturated heterocycles. The second-order valence-corrected chi connectivity index (χ2v) is 7.33. The molecule has 28 heavy (non-hydrogen) atoms. The van der Waals surface area contributed by atoms with Gasteiger partial charge in [0.2, 0.25) is 15.9 Å². The molecule has 11 nitrogen and oxygen atoms in total. The van der Waals surface area contributed by atoms with Gasteiger partial charge in [-0.3, -0.25) is 9.59 Å². The van der Waals surface area contributed by atoms with E-state index >= 15 is 0 Å². The Hall–Kier alpha value is -3.51. The summed E-state index contributed by atoms with van der Waals surface area (Å²) in [5.41, 5.74) is 0.150. The molecule has 0 bridgehead atoms. The number of rotatable bonds is 5. The summed E-state index contributed by atoms with van der Waals surface area (Å²) in [6, 6.07) is 5.29. The molecule has 0 saturated carbocycles. The fourth-order valence-corrected chi connectivity index (χ4v) is 3.05. The van der Waals surface area contributed by atoms with Gasteiger partial charge in [-0.25, -0.2) is 23.4 Å². The van der Waals surface area contributed by atoms with Gasteiger partial charge >= 0.3 is 5.97 Å². The van der Waals surface area contributed by atoms with Crippen LogP contribution >= 0.6 is 0 Å². The van der Waals surface area contributed by atoms with Gasteiger partial charge in [0.1, 0.15) is 17.8 Å². The number of nitrogens with two attached hydrogens (primary N) is 1. The molecule has 0 atom stereocenters. The average Bonchev–Trinajstić information content (AvgIpc) is 3.01. The fourth-order valence-electron chi connectivity index (χ4n) is 2.53. The van der Waals surface area contributed by atoms with Gasteiger partial charge in [0.05, 0.1) is 17.6 Å². The van der Waals surface area contributed by atoms with Crippen molar-refractivity contribution in [2.45, 2.75) is 11.4 Å². The smallest absolute Gasteiger partial charge is 0.341 e. The summed E-state index contributed by atoms with van der Waals surface area (Å²) < 4.78 is 28.5. The van der Waals surface area contributed by atoms with Crippen LogP contribution in [0.3, 0.4) is 0 Å². The number of ether oxygens (including phenoxy) is 1. The van der Waals surface area contributed by atoms with Crippen molar-refractivity contribution >= 4 is 27.6 Å². The van der Waals surface area contributed by atoms with E-state index in [1.54, 1.807) is 0 Å². The number of nitrogens with zero attached hydrogens (tertiary/aromatic N) is 2. The number of carbonyl (C=O) groups excluding carboxylic acids is 2. The summed E-state index contributed by atoms with van der Waals surface area (Å²) in [7, 11) is -2.64. The standard InChI is InChI=1S/C16H15N5O6S/c1-27-16(24)12-7-21(6-11-14(12)19-20-15(11)23)8-13(22)18-9-2-4-10(5-3-9)28(17,25)26/h2-7H,8H2,1H3,(H,18,22)(H,20,23)(H2,17,25,26). The molecule has 2 heterocycles. The summed E-state index contributed by atoms with van der Waals surface area (Å²) in [5, 5.41) is 13.6. The zero-order chi connectivity index (χ0) is 20.5. The normalized spacial score (nSPS) is 11.4. The van der Waals surface area contributed by atoms with Crippen LogP contribution in [0, 0.1) is 0 Å². The maximum atomic E-state index is 12.3. The van der Waals surface area contributed by atoms with Gasteiger partial charge in [-0.05, 0) is 24.3 Å². The predicted octanol–water partition coefficient (Wildman–Crippen LogP) is -0.251. The van der Waals surface area contributed by atoms with E-state index in [2.05, 4.69) is 20.3 Å². The lowest BCUT2D eigenvalue weighted by Gasteiger charge is -2.12. The lowest BCUT2D eigenvalue weighted by Crippen LogP contribution is -2.21. The van der Waals surface area contributed by atoms with Gasteiger partial charge in [0, 0.05) is 18.1 Å². The van der Waals surface area contributed by atoms with Crippen molar-refractivity contribution in [2.75, 3.05) is 12.4 Å². The first-order chi connectivity index (χ1) is 13.2. The SMILES string of the molecule is COC(=O)c1cn(CC(=O)Nc2ccc(S(N)(=O)=O)cc2)cc2c(=O)[nH]nc1-2. The van der Waals surface area contributed by atoms with Gasteiger partial charge in [-0.1, -0.05) is 0 Å². The molecule has 1 aromatic rings. The van der Waals surface area contributed by atoms with E-state index in [1.807, 2.05) is 0 Å². The lowest BCUT2D eigenvalue weighted by atomic mass is 10.1. The van der Waals surface area contributed by atoms with Crippen molar-refractivity contribution in [1.82, 2.24) is 14.8 Å². The topological polar surface area (TPSA) is 166 Å². The van der Waals surface area contributed by atoms with Crippen LogP contribution < -0.4 is 16.0 Å². The molecule has 3 rings (SSSR count). The van der Waals surface area contributed by atoms with Crippen molar-refractivity contribution in [1.29, 1.82) is 0 Å². The minimum Gasteiger partial charge on any atom is -0.465 e. The Balaban J connectivity index is 1.83. The Labute approximate surface area is 158 Å². The van der Waals surface area contributed by atoms with Crippen LogP contribution in [-0.4, -0.2) is 42.2 Å². The van der Waals surface area contributed by atoms with E-state index in [9.17, 15) is 22.8 Å². The molecule has 1 aromatic carbocycles. The highest BCUT2D eigenvalue weighted by molar-refractivity contribution is 7.89. The number of hydrogen-bond donors (Lipinski definition) is 3. The number of benzene rings is 1. The third kappa shape index (κ3) is 3.92. The van der Waals surface area contributed by atoms with E-state index in [4.69, 9.17) is 5.14 Å². The van der Waals surface area contributed by atoms with Gasteiger partial charge in [-0.2, -0.15) is 5.10 Å². The van der Waals surface area contributed by atoms with Crippen molar-refractivity contribution in [3.8, 4) is 11.3 Å². The minimum atomic E-state index is -3.83. The highest BCUT2D eigenvalue weighted by Crippen LogP contribution is 2.20. The summed E-state index contributed by atoms with van der Waals surface area (Å²) >= 11 is 0. The quantitative estimate of drug-likeness (QED) is 0.492. The first-order valence-corrected chi connectivity index (χ1v) is 9.33. The number of hydrogen-bond acceptors (Lipinski definition) is 7. The van der Waals surface area contributed by atoms with Crippen molar-refractivity contribution < 1.29 is 22.7 Å². The van der Waals surface area contributed by atoms with Crippen LogP contribution in [0.1, 0.15) is 10.4 Å². The van der Waals surface area contributed by atoms with E-state index in [-0.39, 0.29) is 28.3 Å². The number of amides is 1. The Morgan fingerprint density at radius 1 is 1.25 bits per heavy atom. The molecule has 0 spiro atoms. The van der Waals surface area contributed by atoms with E-state index in [1.165, 1.54) is 48.3 Å². The summed E-state index contributed by atoms with van der Waals surface area (Å²) in [6.45, 7) is -0.221. The maximum Gasteiger partial charge on any atom is 0.341 e. The molecule has 0 aromatic heterocycles. The molecule has 146 valence electrons. The summed E-state index contributed by atoms with van der Waals surface area (Å²) in [4.78, 5) is 36.0. The third-order valence-electron chi connectivity index (χ3n) is 3.81. The molecule has 2 aliphatic rings. The second kappa shape index (κ2) is 7.25. The predicted molar refractivity (Wildman–Crippen MR) is 97.3 cm³/mol. The van der Waals surface area contributed by atoms with Crippen LogP contribution in [-0.2, 0) is 26.1 Å². The number of methoxy groups -OCH3 is 1. The minimum absolute atomic E-state index is 0.0312. The highest BCUT2D eigenvalue weighted by atomic mass is 32.2.